The van der Waals surface area contributed by atoms with Crippen molar-refractivity contribution in [2.45, 2.75) is 19.8 Å². The highest BCUT2D eigenvalue weighted by Crippen LogP contribution is 2.09. The van der Waals surface area contributed by atoms with Crippen LogP contribution in [0, 0.1) is 0 Å². The number of nitrogens with two attached hydrogens (primary N) is 1. The monoisotopic (exact) mass is 207 g/mol. The molecular weight excluding hydrogens is 194 g/mol. The van der Waals surface area contributed by atoms with Crippen molar-refractivity contribution in [2.24, 2.45) is 0 Å². The summed E-state index contributed by atoms with van der Waals surface area (Å²) in [5.41, 5.74) is 6.32. The first kappa shape index (κ1) is 9.70. The van der Waals surface area contributed by atoms with E-state index >= 15 is 0 Å². The van der Waals surface area contributed by atoms with Gasteiger partial charge in [-0.3, -0.25) is 0 Å². The Balaban J connectivity index is 2.21. The molecule has 0 amide bonds. The van der Waals surface area contributed by atoms with Gasteiger partial charge < -0.3 is 10.5 Å². The molecule has 0 radical (unpaired) electrons. The minimum absolute atomic E-state index is 0.288. The van der Waals surface area contributed by atoms with E-state index in [1.54, 1.807) is 12.3 Å². The molecule has 0 atom stereocenters. The van der Waals surface area contributed by atoms with Crippen molar-refractivity contribution in [3.63, 3.8) is 0 Å². The van der Waals surface area contributed by atoms with Crippen molar-refractivity contribution in [1.29, 1.82) is 0 Å². The average Bonchev–Trinajstić information content (AvgIpc) is 2.66. The predicted molar refractivity (Wildman–Crippen MR) is 55.6 cm³/mol. The van der Waals surface area contributed by atoms with Gasteiger partial charge in [0.05, 0.1) is 12.8 Å². The van der Waals surface area contributed by atoms with Gasteiger partial charge in [0.2, 0.25) is 5.95 Å². The van der Waals surface area contributed by atoms with Gasteiger partial charge in [0.25, 0.3) is 0 Å². The Labute approximate surface area is 87.1 Å². The Morgan fingerprint density at radius 1 is 1.47 bits per heavy atom. The zero-order valence-corrected chi connectivity index (χ0v) is 8.55. The fraction of sp³-hybridized carbons (Fsp3) is 0.444. The van der Waals surface area contributed by atoms with Crippen LogP contribution in [0.4, 0.5) is 5.95 Å². The van der Waals surface area contributed by atoms with Gasteiger partial charge in [-0.25, -0.2) is 0 Å². The van der Waals surface area contributed by atoms with Crippen LogP contribution in [0.25, 0.3) is 5.65 Å². The molecule has 2 aromatic rings. The number of anilines is 1. The van der Waals surface area contributed by atoms with Crippen molar-refractivity contribution < 1.29 is 4.74 Å². The summed E-state index contributed by atoms with van der Waals surface area (Å²) in [6.45, 7) is 2.71. The van der Waals surface area contributed by atoms with E-state index in [2.05, 4.69) is 22.0 Å². The SMILES string of the molecule is CCCCOc1nc(N)n2nccc2n1. The topological polar surface area (TPSA) is 78.3 Å². The number of ether oxygens (including phenoxy) is 1. The fourth-order valence-electron chi connectivity index (χ4n) is 1.20. The number of nitrogen functional groups attached to an aromatic ring is 1. The number of hydrogen-bond donors (Lipinski definition) is 1. The average molecular weight is 207 g/mol. The van der Waals surface area contributed by atoms with Crippen molar-refractivity contribution in [2.75, 3.05) is 12.3 Å². The third-order valence-electron chi connectivity index (χ3n) is 1.99. The van der Waals surface area contributed by atoms with Gasteiger partial charge in [-0.15, -0.1) is 0 Å². The molecule has 80 valence electrons. The zero-order valence-electron chi connectivity index (χ0n) is 8.55. The Morgan fingerprint density at radius 3 is 3.13 bits per heavy atom. The van der Waals surface area contributed by atoms with E-state index in [0.717, 1.165) is 12.8 Å². The predicted octanol–water partition coefficient (Wildman–Crippen LogP) is 0.885. The maximum atomic E-state index is 5.68. The van der Waals surface area contributed by atoms with Crippen LogP contribution in [0.2, 0.25) is 0 Å². The molecule has 0 saturated carbocycles. The van der Waals surface area contributed by atoms with E-state index in [0.29, 0.717) is 18.3 Å². The van der Waals surface area contributed by atoms with Crippen LogP contribution in [0.15, 0.2) is 12.3 Å². The summed E-state index contributed by atoms with van der Waals surface area (Å²) >= 11 is 0. The Kier molecular flexibility index (Phi) is 2.66. The van der Waals surface area contributed by atoms with Gasteiger partial charge in [0.15, 0.2) is 5.65 Å². The lowest BCUT2D eigenvalue weighted by molar-refractivity contribution is 0.285. The second-order valence-corrected chi connectivity index (χ2v) is 3.17. The van der Waals surface area contributed by atoms with E-state index in [-0.39, 0.29) is 5.95 Å². The lowest BCUT2D eigenvalue weighted by atomic mass is 10.4. The second-order valence-electron chi connectivity index (χ2n) is 3.17. The third-order valence-corrected chi connectivity index (χ3v) is 1.99. The van der Waals surface area contributed by atoms with Gasteiger partial charge >= 0.3 is 6.01 Å². The van der Waals surface area contributed by atoms with Crippen LogP contribution >= 0.6 is 0 Å². The summed E-state index contributed by atoms with van der Waals surface area (Å²) < 4.78 is 6.83. The maximum absolute atomic E-state index is 5.68. The van der Waals surface area contributed by atoms with Crippen LogP contribution in [0.5, 0.6) is 6.01 Å². The van der Waals surface area contributed by atoms with Crippen LogP contribution in [0.1, 0.15) is 19.8 Å². The van der Waals surface area contributed by atoms with Crippen LogP contribution in [-0.2, 0) is 0 Å². The van der Waals surface area contributed by atoms with Gasteiger partial charge in [-0.05, 0) is 6.42 Å². The molecule has 0 fully saturated rings. The molecule has 6 heteroatoms. The first-order valence-corrected chi connectivity index (χ1v) is 4.91. The smallest absolute Gasteiger partial charge is 0.321 e. The lowest BCUT2D eigenvalue weighted by Gasteiger charge is -2.04. The number of unbranched alkanes of at least 4 members (excludes halogenated alkanes) is 1. The summed E-state index contributed by atoms with van der Waals surface area (Å²) in [4.78, 5) is 8.15. The molecule has 0 aliphatic carbocycles. The fourth-order valence-corrected chi connectivity index (χ4v) is 1.20. The van der Waals surface area contributed by atoms with Gasteiger partial charge in [-0.1, -0.05) is 13.3 Å². The molecule has 0 unspecified atom stereocenters. The van der Waals surface area contributed by atoms with Crippen LogP contribution in [-0.4, -0.2) is 26.2 Å². The molecule has 0 aliphatic heterocycles. The third kappa shape index (κ3) is 1.98. The Hall–Kier alpha value is -1.85. The van der Waals surface area contributed by atoms with Crippen molar-refractivity contribution in [3.05, 3.63) is 12.3 Å². The Bertz CT molecular complexity index is 453. The van der Waals surface area contributed by atoms with E-state index in [9.17, 15) is 0 Å². The summed E-state index contributed by atoms with van der Waals surface area (Å²) in [7, 11) is 0. The van der Waals surface area contributed by atoms with Gasteiger partial charge in [0.1, 0.15) is 0 Å². The molecule has 0 aromatic carbocycles. The molecular formula is C9H13N5O. The zero-order chi connectivity index (χ0) is 10.7. The first-order chi connectivity index (χ1) is 7.31. The minimum Gasteiger partial charge on any atom is -0.463 e. The number of aromatic nitrogens is 4. The molecule has 6 nitrogen and oxygen atoms in total. The Morgan fingerprint density at radius 2 is 2.33 bits per heavy atom. The molecule has 2 heterocycles. The van der Waals surface area contributed by atoms with E-state index in [1.165, 1.54) is 4.52 Å². The van der Waals surface area contributed by atoms with E-state index in [1.807, 2.05) is 0 Å². The highest BCUT2D eigenvalue weighted by atomic mass is 16.5. The number of nitrogens with zero attached hydrogens (tertiary/aromatic N) is 4. The van der Waals surface area contributed by atoms with Crippen molar-refractivity contribution in [3.8, 4) is 6.01 Å². The standard InChI is InChI=1S/C9H13N5O/c1-2-3-6-15-9-12-7-4-5-11-14(7)8(10)13-9/h4-5H,2-3,6H2,1H3,(H2,10,12,13). The van der Waals surface area contributed by atoms with Gasteiger partial charge in [-0.2, -0.15) is 19.6 Å². The summed E-state index contributed by atoms with van der Waals surface area (Å²) in [6.07, 6.45) is 3.67. The highest BCUT2D eigenvalue weighted by Gasteiger charge is 2.05. The molecule has 0 spiro atoms. The number of fused-ring (bicyclic) bond motifs is 1. The second kappa shape index (κ2) is 4.12. The summed E-state index contributed by atoms with van der Waals surface area (Å²) in [5, 5.41) is 3.97. The minimum atomic E-state index is 0.288. The molecule has 15 heavy (non-hydrogen) atoms. The lowest BCUT2D eigenvalue weighted by Crippen LogP contribution is -2.07. The first-order valence-electron chi connectivity index (χ1n) is 4.91. The summed E-state index contributed by atoms with van der Waals surface area (Å²) in [5.74, 6) is 0.288. The normalized spacial score (nSPS) is 10.7. The molecule has 0 aliphatic rings. The molecule has 0 saturated heterocycles. The number of rotatable bonds is 4. The number of hydrogen-bond acceptors (Lipinski definition) is 5. The molecule has 2 N–H and O–H groups in total. The van der Waals surface area contributed by atoms with E-state index in [4.69, 9.17) is 10.5 Å². The highest BCUT2D eigenvalue weighted by molar-refractivity contribution is 5.42. The van der Waals surface area contributed by atoms with Gasteiger partial charge in [0, 0.05) is 6.07 Å². The largest absolute Gasteiger partial charge is 0.463 e. The quantitative estimate of drug-likeness (QED) is 0.753. The maximum Gasteiger partial charge on any atom is 0.321 e. The molecule has 2 rings (SSSR count). The van der Waals surface area contributed by atoms with Crippen LogP contribution in [0.3, 0.4) is 0 Å². The van der Waals surface area contributed by atoms with E-state index < -0.39 is 0 Å². The molecule has 2 aromatic heterocycles. The molecule has 0 bridgehead atoms. The van der Waals surface area contributed by atoms with Crippen molar-refractivity contribution in [1.82, 2.24) is 19.6 Å². The van der Waals surface area contributed by atoms with Crippen molar-refractivity contribution >= 4 is 11.6 Å². The van der Waals surface area contributed by atoms with Crippen LogP contribution < -0.4 is 10.5 Å². The summed E-state index contributed by atoms with van der Waals surface area (Å²) in [6, 6.07) is 2.07.